The molecule has 1 aliphatic heterocycles. The molecule has 88 valence electrons. The molecule has 1 heterocycles. The van der Waals surface area contributed by atoms with E-state index in [1.807, 2.05) is 13.0 Å². The van der Waals surface area contributed by atoms with E-state index < -0.39 is 10.0 Å². The van der Waals surface area contributed by atoms with Crippen molar-refractivity contribution in [3.05, 3.63) is 29.8 Å². The molecule has 0 spiro atoms. The fourth-order valence-electron chi connectivity index (χ4n) is 1.83. The number of aryl methyl sites for hydroxylation is 1. The molecule has 16 heavy (non-hydrogen) atoms. The maximum atomic E-state index is 12.0. The molecule has 2 rings (SSSR count). The Morgan fingerprint density at radius 2 is 2.25 bits per heavy atom. The van der Waals surface area contributed by atoms with Crippen LogP contribution in [-0.4, -0.2) is 27.5 Å². The first kappa shape index (κ1) is 11.6. The molecular weight excluding hydrogens is 224 g/mol. The first-order valence-corrected chi connectivity index (χ1v) is 6.86. The lowest BCUT2D eigenvalue weighted by atomic mass is 10.2. The van der Waals surface area contributed by atoms with E-state index >= 15 is 0 Å². The number of hydrogen-bond acceptors (Lipinski definition) is 3. The van der Waals surface area contributed by atoms with Crippen LogP contribution in [0.4, 0.5) is 0 Å². The summed E-state index contributed by atoms with van der Waals surface area (Å²) >= 11 is 0. The molecule has 4 nitrogen and oxygen atoms in total. The summed E-state index contributed by atoms with van der Waals surface area (Å²) < 4.78 is 26.7. The Morgan fingerprint density at radius 3 is 2.88 bits per heavy atom. The number of nitrogens with one attached hydrogen (secondary N) is 2. The van der Waals surface area contributed by atoms with Gasteiger partial charge in [-0.2, -0.15) is 0 Å². The van der Waals surface area contributed by atoms with Gasteiger partial charge >= 0.3 is 0 Å². The molecule has 5 heteroatoms. The summed E-state index contributed by atoms with van der Waals surface area (Å²) in [5, 5.41) is 3.13. The number of hydrogen-bond donors (Lipinski definition) is 2. The maximum Gasteiger partial charge on any atom is 0.240 e. The molecule has 1 aliphatic rings. The zero-order chi connectivity index (χ0) is 11.6. The molecule has 0 amide bonds. The van der Waals surface area contributed by atoms with Crippen LogP contribution in [0.15, 0.2) is 29.2 Å². The molecule has 0 radical (unpaired) electrons. The maximum absolute atomic E-state index is 12.0. The molecule has 1 aromatic carbocycles. The van der Waals surface area contributed by atoms with Gasteiger partial charge in [-0.25, -0.2) is 13.1 Å². The Labute approximate surface area is 96.1 Å². The minimum atomic E-state index is -3.36. The van der Waals surface area contributed by atoms with Crippen LogP contribution in [0.2, 0.25) is 0 Å². The normalized spacial score (nSPS) is 21.2. The van der Waals surface area contributed by atoms with Crippen LogP contribution >= 0.6 is 0 Å². The van der Waals surface area contributed by atoms with E-state index in [1.54, 1.807) is 18.2 Å². The minimum absolute atomic E-state index is 0.0190. The molecule has 0 unspecified atom stereocenters. The molecule has 0 saturated carbocycles. The van der Waals surface area contributed by atoms with E-state index in [9.17, 15) is 8.42 Å². The molecule has 0 aromatic heterocycles. The Morgan fingerprint density at radius 1 is 1.44 bits per heavy atom. The summed E-state index contributed by atoms with van der Waals surface area (Å²) in [6.45, 7) is 3.47. The van der Waals surface area contributed by atoms with E-state index in [-0.39, 0.29) is 6.04 Å². The third-order valence-corrected chi connectivity index (χ3v) is 4.20. The molecule has 1 fully saturated rings. The van der Waals surface area contributed by atoms with Crippen LogP contribution in [0.25, 0.3) is 0 Å². The number of benzene rings is 1. The number of rotatable bonds is 3. The van der Waals surface area contributed by atoms with Gasteiger partial charge in [-0.05, 0) is 37.6 Å². The van der Waals surface area contributed by atoms with Gasteiger partial charge < -0.3 is 5.32 Å². The molecular formula is C11H16N2O2S. The highest BCUT2D eigenvalue weighted by atomic mass is 32.2. The largest absolute Gasteiger partial charge is 0.315 e. The summed E-state index contributed by atoms with van der Waals surface area (Å²) in [4.78, 5) is 0.347. The lowest BCUT2D eigenvalue weighted by Crippen LogP contribution is -2.36. The average Bonchev–Trinajstić information content (AvgIpc) is 2.70. The van der Waals surface area contributed by atoms with Gasteiger partial charge in [0.15, 0.2) is 0 Å². The molecule has 0 bridgehead atoms. The van der Waals surface area contributed by atoms with Gasteiger partial charge in [0.1, 0.15) is 0 Å². The molecule has 1 atom stereocenters. The van der Waals surface area contributed by atoms with Crippen molar-refractivity contribution in [2.24, 2.45) is 0 Å². The third-order valence-electron chi connectivity index (χ3n) is 2.68. The van der Waals surface area contributed by atoms with Crippen molar-refractivity contribution in [2.75, 3.05) is 13.1 Å². The minimum Gasteiger partial charge on any atom is -0.315 e. The summed E-state index contributed by atoms with van der Waals surface area (Å²) in [5.41, 5.74) is 0.951. The van der Waals surface area contributed by atoms with E-state index in [2.05, 4.69) is 10.0 Å². The van der Waals surface area contributed by atoms with Gasteiger partial charge in [0, 0.05) is 12.6 Å². The van der Waals surface area contributed by atoms with E-state index in [1.165, 1.54) is 0 Å². The quantitative estimate of drug-likeness (QED) is 0.815. The van der Waals surface area contributed by atoms with Crippen LogP contribution in [0, 0.1) is 6.92 Å². The van der Waals surface area contributed by atoms with Crippen LogP contribution in [0.3, 0.4) is 0 Å². The Balaban J connectivity index is 2.18. The molecule has 1 saturated heterocycles. The van der Waals surface area contributed by atoms with Crippen molar-refractivity contribution < 1.29 is 8.42 Å². The van der Waals surface area contributed by atoms with Crippen molar-refractivity contribution in [1.29, 1.82) is 0 Å². The Hall–Kier alpha value is -0.910. The van der Waals surface area contributed by atoms with Crippen molar-refractivity contribution in [1.82, 2.24) is 10.0 Å². The fourth-order valence-corrected chi connectivity index (χ4v) is 3.20. The Kier molecular flexibility index (Phi) is 3.28. The second-order valence-electron chi connectivity index (χ2n) is 4.13. The highest BCUT2D eigenvalue weighted by molar-refractivity contribution is 7.89. The second-order valence-corrected chi connectivity index (χ2v) is 5.84. The molecule has 2 N–H and O–H groups in total. The van der Waals surface area contributed by atoms with Crippen molar-refractivity contribution in [2.45, 2.75) is 24.3 Å². The Bertz CT molecular complexity index is 465. The lowest BCUT2D eigenvalue weighted by molar-refractivity contribution is 0.560. The fraction of sp³-hybridized carbons (Fsp3) is 0.455. The van der Waals surface area contributed by atoms with Crippen LogP contribution in [0.5, 0.6) is 0 Å². The lowest BCUT2D eigenvalue weighted by Gasteiger charge is -2.12. The smallest absolute Gasteiger partial charge is 0.240 e. The van der Waals surface area contributed by atoms with Gasteiger partial charge in [-0.3, -0.25) is 0 Å². The first-order chi connectivity index (χ1) is 7.58. The standard InChI is InChI=1S/C11H16N2O2S/c1-9-3-2-4-11(7-9)16(14,15)13-10-5-6-12-8-10/h2-4,7,10,12-13H,5-6,8H2,1H3/t10-/m1/s1. The third kappa shape index (κ3) is 2.61. The van der Waals surface area contributed by atoms with Crippen molar-refractivity contribution in [3.63, 3.8) is 0 Å². The van der Waals surface area contributed by atoms with E-state index in [0.29, 0.717) is 11.4 Å². The van der Waals surface area contributed by atoms with Crippen LogP contribution in [0.1, 0.15) is 12.0 Å². The molecule has 0 aliphatic carbocycles. The topological polar surface area (TPSA) is 58.2 Å². The SMILES string of the molecule is Cc1cccc(S(=O)(=O)N[C@@H]2CCNC2)c1. The monoisotopic (exact) mass is 240 g/mol. The zero-order valence-electron chi connectivity index (χ0n) is 9.23. The first-order valence-electron chi connectivity index (χ1n) is 5.38. The predicted octanol–water partition coefficient (Wildman–Crippen LogP) is 0.635. The van der Waals surface area contributed by atoms with E-state index in [4.69, 9.17) is 0 Å². The van der Waals surface area contributed by atoms with Crippen LogP contribution in [-0.2, 0) is 10.0 Å². The van der Waals surface area contributed by atoms with Gasteiger partial charge in [0.2, 0.25) is 10.0 Å². The average molecular weight is 240 g/mol. The van der Waals surface area contributed by atoms with Gasteiger partial charge in [-0.15, -0.1) is 0 Å². The summed E-state index contributed by atoms with van der Waals surface area (Å²) in [5.74, 6) is 0. The van der Waals surface area contributed by atoms with Gasteiger partial charge in [0.05, 0.1) is 4.90 Å². The second kappa shape index (κ2) is 4.53. The predicted molar refractivity (Wildman–Crippen MR) is 62.8 cm³/mol. The van der Waals surface area contributed by atoms with Crippen molar-refractivity contribution >= 4 is 10.0 Å². The zero-order valence-corrected chi connectivity index (χ0v) is 10.0. The van der Waals surface area contributed by atoms with Gasteiger partial charge in [0.25, 0.3) is 0 Å². The summed E-state index contributed by atoms with van der Waals surface area (Å²) in [7, 11) is -3.36. The summed E-state index contributed by atoms with van der Waals surface area (Å²) in [6.07, 6.45) is 0.852. The summed E-state index contributed by atoms with van der Waals surface area (Å²) in [6, 6.07) is 6.97. The number of sulfonamides is 1. The van der Waals surface area contributed by atoms with Crippen molar-refractivity contribution in [3.8, 4) is 0 Å². The van der Waals surface area contributed by atoms with E-state index in [0.717, 1.165) is 18.5 Å². The highest BCUT2D eigenvalue weighted by Crippen LogP contribution is 2.12. The van der Waals surface area contributed by atoms with Crippen LogP contribution < -0.4 is 10.0 Å². The highest BCUT2D eigenvalue weighted by Gasteiger charge is 2.22. The molecule has 1 aromatic rings. The van der Waals surface area contributed by atoms with Gasteiger partial charge in [-0.1, -0.05) is 12.1 Å².